The molecule has 0 saturated heterocycles. The van der Waals surface area contributed by atoms with Crippen molar-refractivity contribution in [3.63, 3.8) is 0 Å². The van der Waals surface area contributed by atoms with Crippen molar-refractivity contribution < 1.29 is 9.47 Å². The van der Waals surface area contributed by atoms with Crippen LogP contribution in [0.15, 0.2) is 24.3 Å². The highest BCUT2D eigenvalue weighted by Crippen LogP contribution is 2.30. The molecule has 0 fully saturated rings. The van der Waals surface area contributed by atoms with Gasteiger partial charge in [0.1, 0.15) is 11.6 Å². The van der Waals surface area contributed by atoms with Gasteiger partial charge in [-0.05, 0) is 17.7 Å². The Bertz CT molecular complexity index is 532. The standard InChI is InChI=1S/C13H17N3O2/c1-16-13(14)12(11(15-16)8-17-2)9-4-6-10(18-3)7-5-9/h4-7H,8,14H2,1-3H3. The Hall–Kier alpha value is -2.01. The van der Waals surface area contributed by atoms with E-state index in [0.717, 1.165) is 22.6 Å². The number of anilines is 1. The third-order valence-corrected chi connectivity index (χ3v) is 2.82. The highest BCUT2D eigenvalue weighted by atomic mass is 16.5. The molecule has 1 heterocycles. The molecule has 0 spiro atoms. The smallest absolute Gasteiger partial charge is 0.129 e. The van der Waals surface area contributed by atoms with Crippen molar-refractivity contribution in [2.24, 2.45) is 7.05 Å². The SMILES string of the molecule is COCc1nn(C)c(N)c1-c1ccc(OC)cc1. The van der Waals surface area contributed by atoms with Gasteiger partial charge >= 0.3 is 0 Å². The number of aromatic nitrogens is 2. The highest BCUT2D eigenvalue weighted by Gasteiger charge is 2.15. The molecular formula is C13H17N3O2. The average Bonchev–Trinajstić information content (AvgIpc) is 2.66. The van der Waals surface area contributed by atoms with Crippen LogP contribution in [0.4, 0.5) is 5.82 Å². The van der Waals surface area contributed by atoms with E-state index in [1.165, 1.54) is 0 Å². The van der Waals surface area contributed by atoms with E-state index in [2.05, 4.69) is 5.10 Å². The first kappa shape index (κ1) is 12.4. The number of nitrogens with zero attached hydrogens (tertiary/aromatic N) is 2. The lowest BCUT2D eigenvalue weighted by molar-refractivity contribution is 0.181. The van der Waals surface area contributed by atoms with Gasteiger partial charge in [0.15, 0.2) is 0 Å². The Balaban J connectivity index is 2.47. The van der Waals surface area contributed by atoms with E-state index in [1.807, 2.05) is 31.3 Å². The van der Waals surface area contributed by atoms with Gasteiger partial charge in [0, 0.05) is 19.7 Å². The summed E-state index contributed by atoms with van der Waals surface area (Å²) in [5.41, 5.74) is 8.81. The first-order valence-electron chi connectivity index (χ1n) is 5.62. The summed E-state index contributed by atoms with van der Waals surface area (Å²) in [4.78, 5) is 0. The molecule has 0 atom stereocenters. The minimum Gasteiger partial charge on any atom is -0.497 e. The van der Waals surface area contributed by atoms with E-state index in [1.54, 1.807) is 18.9 Å². The third kappa shape index (κ3) is 2.17. The maximum atomic E-state index is 6.05. The van der Waals surface area contributed by atoms with Gasteiger partial charge in [0.2, 0.25) is 0 Å². The summed E-state index contributed by atoms with van der Waals surface area (Å²) in [6, 6.07) is 7.73. The zero-order valence-electron chi connectivity index (χ0n) is 10.8. The second kappa shape index (κ2) is 5.10. The normalized spacial score (nSPS) is 10.6. The molecular weight excluding hydrogens is 230 g/mol. The van der Waals surface area contributed by atoms with Crippen molar-refractivity contribution in [2.45, 2.75) is 6.61 Å². The second-order valence-electron chi connectivity index (χ2n) is 3.99. The van der Waals surface area contributed by atoms with E-state index >= 15 is 0 Å². The lowest BCUT2D eigenvalue weighted by atomic mass is 10.1. The Kier molecular flexibility index (Phi) is 3.53. The van der Waals surface area contributed by atoms with E-state index in [9.17, 15) is 0 Å². The summed E-state index contributed by atoms with van der Waals surface area (Å²) in [7, 11) is 5.11. The fourth-order valence-electron chi connectivity index (χ4n) is 1.90. The lowest BCUT2D eigenvalue weighted by Gasteiger charge is -2.05. The van der Waals surface area contributed by atoms with E-state index in [-0.39, 0.29) is 0 Å². The molecule has 5 heteroatoms. The van der Waals surface area contributed by atoms with E-state index in [0.29, 0.717) is 12.4 Å². The highest BCUT2D eigenvalue weighted by molar-refractivity contribution is 5.76. The van der Waals surface area contributed by atoms with Crippen LogP contribution in [0.5, 0.6) is 5.75 Å². The molecule has 1 aromatic carbocycles. The topological polar surface area (TPSA) is 62.3 Å². The number of benzene rings is 1. The summed E-state index contributed by atoms with van der Waals surface area (Å²) < 4.78 is 11.9. The molecule has 0 unspecified atom stereocenters. The third-order valence-electron chi connectivity index (χ3n) is 2.82. The molecule has 0 amide bonds. The van der Waals surface area contributed by atoms with Crippen LogP contribution in [0.1, 0.15) is 5.69 Å². The predicted molar refractivity (Wildman–Crippen MR) is 70.3 cm³/mol. The van der Waals surface area contributed by atoms with Gasteiger partial charge in [-0.25, -0.2) is 0 Å². The van der Waals surface area contributed by atoms with Crippen molar-refractivity contribution in [1.29, 1.82) is 0 Å². The molecule has 0 aliphatic heterocycles. The summed E-state index contributed by atoms with van der Waals surface area (Å²) in [5.74, 6) is 1.45. The van der Waals surface area contributed by atoms with Gasteiger partial charge in [-0.1, -0.05) is 12.1 Å². The van der Waals surface area contributed by atoms with Crippen LogP contribution in [0.2, 0.25) is 0 Å². The first-order chi connectivity index (χ1) is 8.67. The molecule has 0 aliphatic carbocycles. The summed E-state index contributed by atoms with van der Waals surface area (Å²) in [6.07, 6.45) is 0. The van der Waals surface area contributed by atoms with Crippen molar-refractivity contribution in [1.82, 2.24) is 9.78 Å². The number of nitrogen functional groups attached to an aromatic ring is 1. The minimum atomic E-state index is 0.437. The molecule has 0 saturated carbocycles. The number of aryl methyl sites for hydroxylation is 1. The molecule has 0 radical (unpaired) electrons. The van der Waals surface area contributed by atoms with Gasteiger partial charge in [-0.2, -0.15) is 5.10 Å². The summed E-state index contributed by atoms with van der Waals surface area (Å²) in [5, 5.41) is 4.35. The number of ether oxygens (including phenoxy) is 2. The fraction of sp³-hybridized carbons (Fsp3) is 0.308. The Morgan fingerprint density at radius 1 is 1.22 bits per heavy atom. The van der Waals surface area contributed by atoms with Gasteiger partial charge in [-0.3, -0.25) is 4.68 Å². The molecule has 2 aromatic rings. The molecule has 0 bridgehead atoms. The number of methoxy groups -OCH3 is 2. The van der Waals surface area contributed by atoms with Gasteiger partial charge < -0.3 is 15.2 Å². The van der Waals surface area contributed by atoms with Crippen LogP contribution in [0.3, 0.4) is 0 Å². The largest absolute Gasteiger partial charge is 0.497 e. The molecule has 1 aromatic heterocycles. The summed E-state index contributed by atoms with van der Waals surface area (Å²) in [6.45, 7) is 0.437. The van der Waals surface area contributed by atoms with E-state index in [4.69, 9.17) is 15.2 Å². The van der Waals surface area contributed by atoms with Crippen LogP contribution in [-0.4, -0.2) is 24.0 Å². The van der Waals surface area contributed by atoms with Crippen molar-refractivity contribution >= 4 is 5.82 Å². The van der Waals surface area contributed by atoms with Gasteiger partial charge in [0.05, 0.1) is 19.4 Å². The van der Waals surface area contributed by atoms with Crippen LogP contribution in [-0.2, 0) is 18.4 Å². The maximum Gasteiger partial charge on any atom is 0.129 e. The van der Waals surface area contributed by atoms with Gasteiger partial charge in [0.25, 0.3) is 0 Å². The number of hydrogen-bond donors (Lipinski definition) is 1. The molecule has 96 valence electrons. The molecule has 18 heavy (non-hydrogen) atoms. The average molecular weight is 247 g/mol. The minimum absolute atomic E-state index is 0.437. The molecule has 5 nitrogen and oxygen atoms in total. The quantitative estimate of drug-likeness (QED) is 0.895. The Labute approximate surface area is 106 Å². The Morgan fingerprint density at radius 3 is 2.44 bits per heavy atom. The molecule has 2 rings (SSSR count). The second-order valence-corrected chi connectivity index (χ2v) is 3.99. The maximum absolute atomic E-state index is 6.05. The number of hydrogen-bond acceptors (Lipinski definition) is 4. The Morgan fingerprint density at radius 2 is 1.89 bits per heavy atom. The van der Waals surface area contributed by atoms with Crippen molar-refractivity contribution in [2.75, 3.05) is 20.0 Å². The fourth-order valence-corrected chi connectivity index (χ4v) is 1.90. The van der Waals surface area contributed by atoms with Crippen LogP contribution in [0, 0.1) is 0 Å². The zero-order valence-corrected chi connectivity index (χ0v) is 10.8. The zero-order chi connectivity index (χ0) is 13.1. The van der Waals surface area contributed by atoms with Crippen LogP contribution in [0.25, 0.3) is 11.1 Å². The van der Waals surface area contributed by atoms with E-state index < -0.39 is 0 Å². The molecule has 0 aliphatic rings. The van der Waals surface area contributed by atoms with Crippen molar-refractivity contribution in [3.8, 4) is 16.9 Å². The van der Waals surface area contributed by atoms with Crippen LogP contribution < -0.4 is 10.5 Å². The number of nitrogens with two attached hydrogens (primary N) is 1. The summed E-state index contributed by atoms with van der Waals surface area (Å²) >= 11 is 0. The first-order valence-corrected chi connectivity index (χ1v) is 5.62. The monoisotopic (exact) mass is 247 g/mol. The lowest BCUT2D eigenvalue weighted by Crippen LogP contribution is -1.98. The van der Waals surface area contributed by atoms with Gasteiger partial charge in [-0.15, -0.1) is 0 Å². The molecule has 2 N–H and O–H groups in total. The number of rotatable bonds is 4. The van der Waals surface area contributed by atoms with Crippen LogP contribution >= 0.6 is 0 Å². The van der Waals surface area contributed by atoms with Crippen molar-refractivity contribution in [3.05, 3.63) is 30.0 Å². The predicted octanol–water partition coefficient (Wildman–Crippen LogP) is 1.82.